The lowest BCUT2D eigenvalue weighted by atomic mass is 9.99. The molecule has 5 heteroatoms. The molecule has 0 amide bonds. The predicted molar refractivity (Wildman–Crippen MR) is 332 cm³/mol. The molecule has 5 nitrogen and oxygen atoms in total. The second kappa shape index (κ2) is 19.6. The fourth-order valence-corrected chi connectivity index (χ4v) is 11.9. The zero-order valence-corrected chi connectivity index (χ0v) is 44.9. The van der Waals surface area contributed by atoms with Crippen molar-refractivity contribution in [3.8, 4) is 95.9 Å². The summed E-state index contributed by atoms with van der Waals surface area (Å²) in [4.78, 5) is 10.9. The quantitative estimate of drug-likeness (QED) is 0.145. The van der Waals surface area contributed by atoms with Gasteiger partial charge < -0.3 is 9.13 Å². The van der Waals surface area contributed by atoms with E-state index in [0.717, 1.165) is 128 Å². The number of benzene rings is 11. The van der Waals surface area contributed by atoms with Crippen molar-refractivity contribution in [3.63, 3.8) is 0 Å². The molecule has 80 heavy (non-hydrogen) atoms. The van der Waals surface area contributed by atoms with Crippen molar-refractivity contribution in [1.82, 2.24) is 19.1 Å². The van der Waals surface area contributed by atoms with E-state index in [-0.39, 0.29) is 0 Å². The van der Waals surface area contributed by atoms with Crippen LogP contribution in [0.1, 0.15) is 27.8 Å². The molecule has 0 fully saturated rings. The Bertz CT molecular complexity index is 4320. The lowest BCUT2D eigenvalue weighted by molar-refractivity contribution is 1.11. The monoisotopic (exact) mass is 1020 g/mol. The molecule has 11 aromatic carbocycles. The third-order valence-corrected chi connectivity index (χ3v) is 15.7. The number of hydrogen-bond acceptors (Lipinski definition) is 3. The molecule has 14 aromatic rings. The first kappa shape index (κ1) is 48.0. The molecule has 378 valence electrons. The van der Waals surface area contributed by atoms with Gasteiger partial charge in [-0.25, -0.2) is 9.97 Å². The summed E-state index contributed by atoms with van der Waals surface area (Å²) in [5.74, 6) is 0.547. The molecule has 0 saturated carbocycles. The van der Waals surface area contributed by atoms with Crippen molar-refractivity contribution in [2.24, 2.45) is 0 Å². The number of hydrogen-bond donors (Lipinski definition) is 0. The maximum atomic E-state index is 12.1. The van der Waals surface area contributed by atoms with Crippen LogP contribution in [0.2, 0.25) is 0 Å². The van der Waals surface area contributed by atoms with Crippen LogP contribution < -0.4 is 0 Å². The lowest BCUT2D eigenvalue weighted by Gasteiger charge is -2.19. The number of nitriles is 1. The van der Waals surface area contributed by atoms with Gasteiger partial charge in [0, 0.05) is 38.2 Å². The molecule has 0 aliphatic carbocycles. The third kappa shape index (κ3) is 8.52. The number of rotatable bonds is 9. The Morgan fingerprint density at radius 1 is 0.287 bits per heavy atom. The van der Waals surface area contributed by atoms with Crippen molar-refractivity contribution in [1.29, 1.82) is 5.26 Å². The fourth-order valence-electron chi connectivity index (χ4n) is 11.9. The highest BCUT2D eigenvalue weighted by Gasteiger charge is 2.25. The molecule has 0 aliphatic heterocycles. The third-order valence-electron chi connectivity index (χ3n) is 15.7. The van der Waals surface area contributed by atoms with Gasteiger partial charge in [0.25, 0.3) is 0 Å². The van der Waals surface area contributed by atoms with Crippen LogP contribution in [0.5, 0.6) is 0 Å². The summed E-state index contributed by atoms with van der Waals surface area (Å²) in [6.45, 7) is 8.56. The summed E-state index contributed by atoms with van der Waals surface area (Å²) >= 11 is 0. The Hall–Kier alpha value is -10.4. The first-order valence-electron chi connectivity index (χ1n) is 27.3. The number of aryl methyl sites for hydroxylation is 4. The van der Waals surface area contributed by atoms with Gasteiger partial charge in [-0.2, -0.15) is 5.26 Å². The fraction of sp³-hybridized carbons (Fsp3) is 0.0533. The Morgan fingerprint density at radius 3 is 0.887 bits per heavy atom. The minimum atomic E-state index is 0.518. The van der Waals surface area contributed by atoms with E-state index in [1.807, 2.05) is 36.4 Å². The van der Waals surface area contributed by atoms with Crippen molar-refractivity contribution < 1.29 is 0 Å². The van der Waals surface area contributed by atoms with Gasteiger partial charge in [-0.15, -0.1) is 0 Å². The Balaban J connectivity index is 1.11. The first-order valence-corrected chi connectivity index (χ1v) is 27.3. The summed E-state index contributed by atoms with van der Waals surface area (Å²) in [7, 11) is 0. The lowest BCUT2D eigenvalue weighted by Crippen LogP contribution is -2.06. The van der Waals surface area contributed by atoms with Gasteiger partial charge in [0.1, 0.15) is 11.6 Å². The Morgan fingerprint density at radius 2 is 0.588 bits per heavy atom. The van der Waals surface area contributed by atoms with Crippen LogP contribution in [0.3, 0.4) is 0 Å². The van der Waals surface area contributed by atoms with Gasteiger partial charge in [0.05, 0.1) is 44.8 Å². The molecule has 0 aliphatic rings. The smallest absolute Gasteiger partial charge is 0.160 e. The van der Waals surface area contributed by atoms with Gasteiger partial charge in [-0.3, -0.25) is 0 Å². The van der Waals surface area contributed by atoms with E-state index in [1.165, 1.54) is 22.3 Å². The maximum Gasteiger partial charge on any atom is 0.160 e. The van der Waals surface area contributed by atoms with Crippen LogP contribution in [-0.2, 0) is 0 Å². The van der Waals surface area contributed by atoms with E-state index < -0.39 is 0 Å². The predicted octanol–water partition coefficient (Wildman–Crippen LogP) is 19.4. The van der Waals surface area contributed by atoms with Gasteiger partial charge in [0.2, 0.25) is 0 Å². The summed E-state index contributed by atoms with van der Waals surface area (Å²) in [5.41, 5.74) is 24.1. The Kier molecular flexibility index (Phi) is 11.7. The standard InChI is InChI=1S/C75H53N5/c1-47-15-11-23-53(35-47)57-27-31-69-62(39-57)63-40-58(54-24-12-16-48(2)36-54)28-32-70(63)79(69)73-43-61(75-77-67(51-19-7-5-8-20-51)45-68(78-75)52-21-9-6-10-22-52)44-74(66(73)46-76)80-71-33-29-59(55-25-13-17-49(3)37-55)41-64(71)65-42-60(30-34-72(65)80)56-26-14-18-50(4)38-56/h5-45H,1-4H3. The molecule has 14 rings (SSSR count). The molecule has 0 atom stereocenters. The summed E-state index contributed by atoms with van der Waals surface area (Å²) < 4.78 is 4.60. The molecular weight excluding hydrogens is 971 g/mol. The van der Waals surface area contributed by atoms with E-state index in [0.29, 0.717) is 11.4 Å². The van der Waals surface area contributed by atoms with E-state index in [9.17, 15) is 5.26 Å². The van der Waals surface area contributed by atoms with Gasteiger partial charge in [-0.05, 0) is 139 Å². The summed E-state index contributed by atoms with van der Waals surface area (Å²) in [6.07, 6.45) is 0. The minimum absolute atomic E-state index is 0.518. The molecule has 0 unspecified atom stereocenters. The largest absolute Gasteiger partial charge is 0.308 e. The highest BCUT2D eigenvalue weighted by molar-refractivity contribution is 6.14. The van der Waals surface area contributed by atoms with Crippen LogP contribution in [-0.4, -0.2) is 19.1 Å². The van der Waals surface area contributed by atoms with Crippen molar-refractivity contribution in [2.75, 3.05) is 0 Å². The van der Waals surface area contributed by atoms with Gasteiger partial charge >= 0.3 is 0 Å². The molecule has 0 spiro atoms. The number of fused-ring (bicyclic) bond motifs is 6. The number of aromatic nitrogens is 4. The average Bonchev–Trinajstić information content (AvgIpc) is 4.02. The molecule has 0 N–H and O–H groups in total. The summed E-state index contributed by atoms with van der Waals surface area (Å²) in [5, 5.41) is 16.4. The molecule has 0 radical (unpaired) electrons. The topological polar surface area (TPSA) is 59.4 Å². The van der Waals surface area contributed by atoms with Gasteiger partial charge in [-0.1, -0.05) is 204 Å². The van der Waals surface area contributed by atoms with Crippen molar-refractivity contribution in [2.45, 2.75) is 27.7 Å². The molecule has 3 aromatic heterocycles. The average molecular weight is 1020 g/mol. The maximum absolute atomic E-state index is 12.1. The van der Waals surface area contributed by atoms with E-state index in [4.69, 9.17) is 9.97 Å². The van der Waals surface area contributed by atoms with E-state index >= 15 is 0 Å². The summed E-state index contributed by atoms with van der Waals surface area (Å²) in [6, 6.07) is 91.7. The van der Waals surface area contributed by atoms with Gasteiger partial charge in [0.15, 0.2) is 5.82 Å². The highest BCUT2D eigenvalue weighted by Crippen LogP contribution is 2.44. The van der Waals surface area contributed by atoms with Crippen molar-refractivity contribution >= 4 is 43.6 Å². The van der Waals surface area contributed by atoms with Crippen LogP contribution in [0.25, 0.3) is 133 Å². The zero-order valence-electron chi connectivity index (χ0n) is 44.9. The van der Waals surface area contributed by atoms with E-state index in [1.54, 1.807) is 0 Å². The van der Waals surface area contributed by atoms with E-state index in [2.05, 4.69) is 255 Å². The van der Waals surface area contributed by atoms with Crippen LogP contribution >= 0.6 is 0 Å². The van der Waals surface area contributed by atoms with Crippen LogP contribution in [0.15, 0.2) is 249 Å². The zero-order chi connectivity index (χ0) is 54.0. The highest BCUT2D eigenvalue weighted by atomic mass is 15.0. The normalized spacial score (nSPS) is 11.5. The van der Waals surface area contributed by atoms with Crippen molar-refractivity contribution in [3.05, 3.63) is 277 Å². The number of nitrogens with zero attached hydrogens (tertiary/aromatic N) is 5. The first-order chi connectivity index (χ1) is 39.2. The SMILES string of the molecule is Cc1cccc(-c2ccc3c(c2)c2cc(-c4cccc(C)c4)ccc2n3-c2cc(-c3nc(-c4ccccc4)cc(-c4ccccc4)n3)cc(-n3c4ccc(-c5cccc(C)c5)cc4c4cc(-c5cccc(C)c5)ccc43)c2C#N)c1. The molecule has 3 heterocycles. The second-order valence-corrected chi connectivity index (χ2v) is 21.3. The second-order valence-electron chi connectivity index (χ2n) is 21.3. The minimum Gasteiger partial charge on any atom is -0.308 e. The van der Waals surface area contributed by atoms with Crippen LogP contribution in [0.4, 0.5) is 0 Å². The Labute approximate surface area is 465 Å². The molecule has 0 bridgehead atoms. The molecular formula is C75H53N5. The molecule has 0 saturated heterocycles. The van der Waals surface area contributed by atoms with Crippen LogP contribution in [0, 0.1) is 39.0 Å².